The number of hydrogen-bond donors (Lipinski definition) is 1. The van der Waals surface area contributed by atoms with Gasteiger partial charge in [-0.3, -0.25) is 9.59 Å². The Labute approximate surface area is 191 Å². The van der Waals surface area contributed by atoms with E-state index < -0.39 is 6.04 Å². The molecule has 0 aliphatic rings. The highest BCUT2D eigenvalue weighted by atomic mass is 16.2. The van der Waals surface area contributed by atoms with E-state index in [2.05, 4.69) is 29.6 Å². The number of nitrogens with zero attached hydrogens (tertiary/aromatic N) is 1. The lowest BCUT2D eigenvalue weighted by Crippen LogP contribution is -2.48. The number of aryl methyl sites for hydroxylation is 1. The van der Waals surface area contributed by atoms with Gasteiger partial charge in [0, 0.05) is 25.9 Å². The van der Waals surface area contributed by atoms with Gasteiger partial charge in [0.2, 0.25) is 11.8 Å². The first-order chi connectivity index (χ1) is 15.5. The Hall–Kier alpha value is -3.40. The van der Waals surface area contributed by atoms with E-state index in [1.54, 1.807) is 11.9 Å². The van der Waals surface area contributed by atoms with E-state index in [-0.39, 0.29) is 17.7 Å². The van der Waals surface area contributed by atoms with E-state index >= 15 is 0 Å². The van der Waals surface area contributed by atoms with Crippen LogP contribution in [0.3, 0.4) is 0 Å². The molecule has 1 atom stereocenters. The highest BCUT2D eigenvalue weighted by Crippen LogP contribution is 2.29. The molecule has 0 unspecified atom stereocenters. The molecular formula is C28H32N2O2. The third-order valence-electron chi connectivity index (χ3n) is 5.89. The minimum absolute atomic E-state index is 0.0290. The summed E-state index contributed by atoms with van der Waals surface area (Å²) < 4.78 is 0. The van der Waals surface area contributed by atoms with E-state index in [9.17, 15) is 9.59 Å². The molecule has 166 valence electrons. The van der Waals surface area contributed by atoms with Crippen molar-refractivity contribution in [2.45, 2.75) is 45.2 Å². The van der Waals surface area contributed by atoms with Crippen molar-refractivity contribution in [1.82, 2.24) is 10.2 Å². The summed E-state index contributed by atoms with van der Waals surface area (Å²) in [6.45, 7) is 4.39. The minimum Gasteiger partial charge on any atom is -0.357 e. The Balaban J connectivity index is 1.94. The van der Waals surface area contributed by atoms with Crippen molar-refractivity contribution in [2.24, 2.45) is 0 Å². The fourth-order valence-electron chi connectivity index (χ4n) is 4.07. The summed E-state index contributed by atoms with van der Waals surface area (Å²) in [7, 11) is 1.62. The third-order valence-corrected chi connectivity index (χ3v) is 5.89. The quantitative estimate of drug-likeness (QED) is 0.517. The lowest BCUT2D eigenvalue weighted by Gasteiger charge is -2.32. The molecule has 3 rings (SSSR count). The lowest BCUT2D eigenvalue weighted by molar-refractivity contribution is -0.141. The van der Waals surface area contributed by atoms with Crippen molar-refractivity contribution in [1.29, 1.82) is 0 Å². The van der Waals surface area contributed by atoms with Crippen LogP contribution in [0.4, 0.5) is 0 Å². The molecule has 3 aromatic carbocycles. The van der Waals surface area contributed by atoms with E-state index in [1.165, 1.54) is 0 Å². The standard InChI is InChI=1S/C28H32N2O2/c1-4-26(28(32)29-3)30(20-22-17-15-21(2)16-18-22)27(31)19-25(23-11-7-5-8-12-23)24-13-9-6-10-14-24/h5-18,25-26H,4,19-20H2,1-3H3,(H,29,32)/t26-/m0/s1. The molecule has 0 fully saturated rings. The average molecular weight is 429 g/mol. The molecule has 3 aromatic rings. The van der Waals surface area contributed by atoms with Crippen LogP contribution in [-0.4, -0.2) is 29.8 Å². The Morgan fingerprint density at radius 1 is 0.844 bits per heavy atom. The van der Waals surface area contributed by atoms with E-state index in [0.717, 1.165) is 22.3 Å². The largest absolute Gasteiger partial charge is 0.357 e. The van der Waals surface area contributed by atoms with Gasteiger partial charge in [-0.15, -0.1) is 0 Å². The topological polar surface area (TPSA) is 49.4 Å². The average Bonchev–Trinajstić information content (AvgIpc) is 2.84. The van der Waals surface area contributed by atoms with Crippen molar-refractivity contribution in [3.05, 3.63) is 107 Å². The van der Waals surface area contributed by atoms with Crippen LogP contribution in [0.15, 0.2) is 84.9 Å². The van der Waals surface area contributed by atoms with E-state index in [1.807, 2.05) is 74.5 Å². The van der Waals surface area contributed by atoms with Gasteiger partial charge in [0.25, 0.3) is 0 Å². The predicted octanol–water partition coefficient (Wildman–Crippen LogP) is 5.07. The Bertz CT molecular complexity index is 961. The summed E-state index contributed by atoms with van der Waals surface area (Å²) in [5.74, 6) is -0.240. The summed E-state index contributed by atoms with van der Waals surface area (Å²) in [6.07, 6.45) is 0.853. The molecule has 4 nitrogen and oxygen atoms in total. The van der Waals surface area contributed by atoms with Crippen LogP contribution >= 0.6 is 0 Å². The molecule has 1 N–H and O–H groups in total. The number of rotatable bonds is 9. The summed E-state index contributed by atoms with van der Waals surface area (Å²) in [5.41, 5.74) is 4.37. The predicted molar refractivity (Wildman–Crippen MR) is 129 cm³/mol. The maximum atomic E-state index is 13.7. The van der Waals surface area contributed by atoms with Crippen LogP contribution in [-0.2, 0) is 16.1 Å². The number of hydrogen-bond acceptors (Lipinski definition) is 2. The molecule has 0 spiro atoms. The number of carbonyl (C=O) groups excluding carboxylic acids is 2. The monoisotopic (exact) mass is 428 g/mol. The first-order valence-corrected chi connectivity index (χ1v) is 11.2. The molecule has 0 aliphatic carbocycles. The van der Waals surface area contributed by atoms with Crippen molar-refractivity contribution >= 4 is 11.8 Å². The van der Waals surface area contributed by atoms with Crippen LogP contribution in [0.5, 0.6) is 0 Å². The first-order valence-electron chi connectivity index (χ1n) is 11.2. The Morgan fingerprint density at radius 2 is 1.38 bits per heavy atom. The minimum atomic E-state index is -0.513. The zero-order chi connectivity index (χ0) is 22.9. The second-order valence-electron chi connectivity index (χ2n) is 8.12. The van der Waals surface area contributed by atoms with E-state index in [4.69, 9.17) is 0 Å². The van der Waals surface area contributed by atoms with Crippen molar-refractivity contribution in [3.8, 4) is 0 Å². The Kier molecular flexibility index (Phi) is 8.20. The fraction of sp³-hybridized carbons (Fsp3) is 0.286. The second kappa shape index (κ2) is 11.3. The molecule has 0 bridgehead atoms. The first kappa shape index (κ1) is 23.3. The molecule has 4 heteroatoms. The maximum Gasteiger partial charge on any atom is 0.242 e. The molecule has 0 aliphatic heterocycles. The van der Waals surface area contributed by atoms with Gasteiger partial charge in [0.15, 0.2) is 0 Å². The summed E-state index contributed by atoms with van der Waals surface area (Å²) in [6, 6.07) is 27.8. The van der Waals surface area contributed by atoms with Gasteiger partial charge in [0.05, 0.1) is 0 Å². The van der Waals surface area contributed by atoms with Gasteiger partial charge in [-0.05, 0) is 30.0 Å². The summed E-state index contributed by atoms with van der Waals surface area (Å²) in [4.78, 5) is 28.1. The molecule has 0 heterocycles. The highest BCUT2D eigenvalue weighted by molar-refractivity contribution is 5.88. The second-order valence-corrected chi connectivity index (χ2v) is 8.12. The van der Waals surface area contributed by atoms with Gasteiger partial charge < -0.3 is 10.2 Å². The van der Waals surface area contributed by atoms with Crippen LogP contribution in [0.25, 0.3) is 0 Å². The number of benzene rings is 3. The number of nitrogens with one attached hydrogen (secondary N) is 1. The normalized spacial score (nSPS) is 11.8. The summed E-state index contributed by atoms with van der Waals surface area (Å²) in [5, 5.41) is 2.73. The van der Waals surface area contributed by atoms with Gasteiger partial charge in [-0.25, -0.2) is 0 Å². The number of likely N-dealkylation sites (N-methyl/N-ethyl adjacent to an activating group) is 1. The van der Waals surface area contributed by atoms with Crippen molar-refractivity contribution < 1.29 is 9.59 Å². The molecule has 0 saturated carbocycles. The van der Waals surface area contributed by atoms with E-state index in [0.29, 0.717) is 19.4 Å². The van der Waals surface area contributed by atoms with Gasteiger partial charge >= 0.3 is 0 Å². The summed E-state index contributed by atoms with van der Waals surface area (Å²) >= 11 is 0. The lowest BCUT2D eigenvalue weighted by atomic mass is 9.88. The van der Waals surface area contributed by atoms with Gasteiger partial charge in [-0.2, -0.15) is 0 Å². The maximum absolute atomic E-state index is 13.7. The van der Waals surface area contributed by atoms with Crippen molar-refractivity contribution in [2.75, 3.05) is 7.05 Å². The number of carbonyl (C=O) groups is 2. The van der Waals surface area contributed by atoms with Gasteiger partial charge in [-0.1, -0.05) is 97.4 Å². The number of amides is 2. The molecule has 2 amide bonds. The highest BCUT2D eigenvalue weighted by Gasteiger charge is 2.30. The molecule has 0 radical (unpaired) electrons. The Morgan fingerprint density at radius 3 is 1.84 bits per heavy atom. The molecule has 32 heavy (non-hydrogen) atoms. The zero-order valence-electron chi connectivity index (χ0n) is 19.1. The molecule has 0 aromatic heterocycles. The van der Waals surface area contributed by atoms with Crippen molar-refractivity contribution in [3.63, 3.8) is 0 Å². The van der Waals surface area contributed by atoms with Crippen LogP contribution < -0.4 is 5.32 Å². The molecule has 0 saturated heterocycles. The third kappa shape index (κ3) is 5.85. The molecular weight excluding hydrogens is 396 g/mol. The fourth-order valence-corrected chi connectivity index (χ4v) is 4.07. The SMILES string of the molecule is CC[C@@H](C(=O)NC)N(Cc1ccc(C)cc1)C(=O)CC(c1ccccc1)c1ccccc1. The smallest absolute Gasteiger partial charge is 0.242 e. The van der Waals surface area contributed by atoms with Crippen LogP contribution in [0, 0.1) is 6.92 Å². The van der Waals surface area contributed by atoms with Crippen LogP contribution in [0.1, 0.15) is 47.9 Å². The van der Waals surface area contributed by atoms with Gasteiger partial charge in [0.1, 0.15) is 6.04 Å². The zero-order valence-corrected chi connectivity index (χ0v) is 19.1. The van der Waals surface area contributed by atoms with Crippen LogP contribution in [0.2, 0.25) is 0 Å².